The van der Waals surface area contributed by atoms with Gasteiger partial charge in [0.25, 0.3) is 0 Å². The highest BCUT2D eigenvalue weighted by Crippen LogP contribution is 2.25. The highest BCUT2D eigenvalue weighted by atomic mass is 16.5. The zero-order valence-corrected chi connectivity index (χ0v) is 17.6. The molecule has 1 aliphatic rings. The number of carbonyl (C=O) groups is 1. The molecular weight excluding hydrogens is 392 g/mol. The summed E-state index contributed by atoms with van der Waals surface area (Å²) in [5, 5.41) is 10.6. The Bertz CT molecular complexity index is 1100. The maximum absolute atomic E-state index is 12.9. The van der Waals surface area contributed by atoms with E-state index in [2.05, 4.69) is 0 Å². The lowest BCUT2D eigenvalue weighted by molar-refractivity contribution is -0.120. The van der Waals surface area contributed by atoms with Crippen LogP contribution in [0.5, 0.6) is 11.5 Å². The maximum Gasteiger partial charge on any atom is 0.161 e. The van der Waals surface area contributed by atoms with Gasteiger partial charge in [-0.05, 0) is 42.5 Å². The van der Waals surface area contributed by atoms with Crippen LogP contribution in [0, 0.1) is 13.7 Å². The summed E-state index contributed by atoms with van der Waals surface area (Å²) in [6.45, 7) is -6.42. The summed E-state index contributed by atoms with van der Waals surface area (Å²) in [4.78, 5) is 16.2. The van der Waals surface area contributed by atoms with Crippen molar-refractivity contribution < 1.29 is 30.3 Å². The largest absolute Gasteiger partial charge is 0.493 e. The summed E-state index contributed by atoms with van der Waals surface area (Å²) in [5.74, 6) is 0.523. The van der Waals surface area contributed by atoms with Gasteiger partial charge in [0.1, 0.15) is 12.7 Å². The van der Waals surface area contributed by atoms with Crippen LogP contribution in [0.2, 0.25) is 0 Å². The third kappa shape index (κ3) is 6.79. The third-order valence-electron chi connectivity index (χ3n) is 5.12. The monoisotopic (exact) mass is 434 g/mol. The second kappa shape index (κ2) is 11.3. The number of β-amino-alcohol motifs (C(OH)–C–C–N with tert-alkyl or cyclic N) is 1. The van der Waals surface area contributed by atoms with Gasteiger partial charge in [-0.3, -0.25) is 14.6 Å². The number of rotatable bonds is 10. The number of benzene rings is 2. The van der Waals surface area contributed by atoms with Crippen molar-refractivity contribution in [1.82, 2.24) is 9.80 Å². The number of ether oxygens (including phenoxy) is 2. The molecule has 1 N–H and O–H groups in total. The van der Waals surface area contributed by atoms with Crippen LogP contribution < -0.4 is 9.47 Å². The predicted molar refractivity (Wildman–Crippen MR) is 122 cm³/mol. The van der Waals surface area contributed by atoms with Crippen LogP contribution in [-0.2, 0) is 11.2 Å². The smallest absolute Gasteiger partial charge is 0.161 e. The number of aryl methyl sites for hydroxylation is 2. The zero-order valence-electron chi connectivity index (χ0n) is 25.6. The first kappa shape index (κ1) is 14.6. The van der Waals surface area contributed by atoms with Crippen molar-refractivity contribution in [3.63, 3.8) is 0 Å². The minimum Gasteiger partial charge on any atom is -0.493 e. The Labute approximate surface area is 196 Å². The molecule has 0 bridgehead atoms. The predicted octanol–water partition coefficient (Wildman–Crippen LogP) is 2.48. The van der Waals surface area contributed by atoms with E-state index >= 15 is 0 Å². The van der Waals surface area contributed by atoms with E-state index in [0.717, 1.165) is 0 Å². The molecule has 0 aliphatic carbocycles. The van der Waals surface area contributed by atoms with Crippen molar-refractivity contribution in [2.45, 2.75) is 26.2 Å². The average molecular weight is 435 g/mol. The highest BCUT2D eigenvalue weighted by molar-refractivity contribution is 5.83. The van der Waals surface area contributed by atoms with E-state index in [1.807, 2.05) is 0 Å². The number of hydrogen-bond acceptors (Lipinski definition) is 6. The van der Waals surface area contributed by atoms with E-state index in [1.165, 1.54) is 30.2 Å². The standard InChI is InChI=1S/C25H34N2O4/c1-19-7-6-8-20(2)23(19)15-21(28)16-26-11-13-27(14-12-26)17-22(29)18-31-25-10-5-4-9-24(25)30-3/h4-10,22,29H,11-18H2,1-3H3/i1D3,2D3,17D2. The minimum absolute atomic E-state index is 0.00985. The van der Waals surface area contributed by atoms with E-state index in [4.69, 9.17) is 20.4 Å². The molecule has 1 unspecified atom stereocenters. The molecule has 1 saturated heterocycles. The summed E-state index contributed by atoms with van der Waals surface area (Å²) < 4.78 is 74.4. The fourth-order valence-corrected chi connectivity index (χ4v) is 3.47. The molecule has 168 valence electrons. The van der Waals surface area contributed by atoms with Crippen LogP contribution >= 0.6 is 0 Å². The molecule has 31 heavy (non-hydrogen) atoms. The van der Waals surface area contributed by atoms with Crippen LogP contribution in [0.3, 0.4) is 0 Å². The maximum atomic E-state index is 12.9. The molecule has 6 nitrogen and oxygen atoms in total. The quantitative estimate of drug-likeness (QED) is 0.620. The van der Waals surface area contributed by atoms with Gasteiger partial charge in [-0.15, -0.1) is 0 Å². The second-order valence-electron chi connectivity index (χ2n) is 7.42. The van der Waals surface area contributed by atoms with E-state index in [1.54, 1.807) is 29.2 Å². The van der Waals surface area contributed by atoms with Crippen molar-refractivity contribution >= 4 is 5.78 Å². The Morgan fingerprint density at radius 3 is 2.35 bits per heavy atom. The van der Waals surface area contributed by atoms with Crippen LogP contribution in [-0.4, -0.2) is 79.7 Å². The fourth-order valence-electron chi connectivity index (χ4n) is 3.47. The molecule has 0 amide bonds. The Kier molecular flexibility index (Phi) is 5.32. The highest BCUT2D eigenvalue weighted by Gasteiger charge is 2.21. The Balaban J connectivity index is 1.59. The first-order valence-electron chi connectivity index (χ1n) is 14.2. The molecule has 1 fully saturated rings. The van der Waals surface area contributed by atoms with E-state index < -0.39 is 26.3 Å². The molecule has 0 radical (unpaired) electrons. The summed E-state index contributed by atoms with van der Waals surface area (Å²) >= 11 is 0. The van der Waals surface area contributed by atoms with Crippen LogP contribution in [0.25, 0.3) is 0 Å². The molecule has 1 atom stereocenters. The number of nitrogens with zero attached hydrogens (tertiary/aromatic N) is 2. The van der Waals surface area contributed by atoms with Crippen LogP contribution in [0.1, 0.15) is 27.7 Å². The minimum atomic E-state index is -2.57. The van der Waals surface area contributed by atoms with Gasteiger partial charge in [-0.1, -0.05) is 30.3 Å². The summed E-state index contributed by atoms with van der Waals surface area (Å²) in [7, 11) is 1.49. The van der Waals surface area contributed by atoms with E-state index in [-0.39, 0.29) is 55.1 Å². The molecule has 1 aliphatic heterocycles. The first-order valence-corrected chi connectivity index (χ1v) is 10.2. The van der Waals surface area contributed by atoms with Crippen LogP contribution in [0.15, 0.2) is 42.5 Å². The van der Waals surface area contributed by atoms with Crippen molar-refractivity contribution in [3.8, 4) is 11.5 Å². The van der Waals surface area contributed by atoms with E-state index in [9.17, 15) is 9.90 Å². The van der Waals surface area contributed by atoms with Gasteiger partial charge >= 0.3 is 0 Å². The lowest BCUT2D eigenvalue weighted by Crippen LogP contribution is -2.50. The SMILES string of the molecule is [2H]C([2H])([2H])c1cccc(C([2H])([2H])[2H])c1CC(=O)CN1CCN(C([2H])([2H])C(O)COc2ccccc2OC)CC1. The van der Waals surface area contributed by atoms with Gasteiger partial charge in [-0.2, -0.15) is 0 Å². The number of carbonyl (C=O) groups excluding carboxylic acids is 1. The van der Waals surface area contributed by atoms with Gasteiger partial charge in [0.05, 0.1) is 13.7 Å². The summed E-state index contributed by atoms with van der Waals surface area (Å²) in [6.07, 6.45) is -1.78. The van der Waals surface area contributed by atoms with Gasteiger partial charge in [-0.25, -0.2) is 0 Å². The molecule has 0 saturated carbocycles. The third-order valence-corrected chi connectivity index (χ3v) is 5.12. The average Bonchev–Trinajstić information content (AvgIpc) is 2.86. The number of para-hydroxylation sites is 2. The van der Waals surface area contributed by atoms with Gasteiger partial charge in [0.2, 0.25) is 0 Å². The number of aliphatic hydroxyl groups is 1. The number of ketones is 1. The molecule has 6 heteroatoms. The number of aliphatic hydroxyl groups excluding tert-OH is 1. The Morgan fingerprint density at radius 1 is 1.06 bits per heavy atom. The summed E-state index contributed by atoms with van der Waals surface area (Å²) in [5.41, 5.74) is -0.283. The number of Topliss-reactive ketones (excluding diaryl/α,β-unsaturated/α-hetero) is 1. The van der Waals surface area contributed by atoms with Crippen molar-refractivity contribution in [1.29, 1.82) is 0 Å². The van der Waals surface area contributed by atoms with Gasteiger partial charge in [0.15, 0.2) is 17.3 Å². The Hall–Kier alpha value is -2.41. The molecule has 3 rings (SSSR count). The number of methoxy groups -OCH3 is 1. The Morgan fingerprint density at radius 2 is 1.71 bits per heavy atom. The van der Waals surface area contributed by atoms with Crippen molar-refractivity contribution in [2.75, 3.05) is 52.9 Å². The zero-order chi connectivity index (χ0) is 29.0. The molecular formula is C25H34N2O4. The molecule has 2 aromatic carbocycles. The van der Waals surface area contributed by atoms with Crippen molar-refractivity contribution in [3.05, 3.63) is 59.2 Å². The topological polar surface area (TPSA) is 62.2 Å². The first-order chi connectivity index (χ1) is 18.1. The van der Waals surface area contributed by atoms with Crippen LogP contribution in [0.4, 0.5) is 0 Å². The summed E-state index contributed by atoms with van der Waals surface area (Å²) in [6, 6.07) is 10.9. The second-order valence-corrected chi connectivity index (χ2v) is 7.42. The number of piperazine rings is 1. The normalized spacial score (nSPS) is 21.2. The van der Waals surface area contributed by atoms with Gasteiger partial charge < -0.3 is 14.6 Å². The van der Waals surface area contributed by atoms with Gasteiger partial charge in [0, 0.05) is 50.1 Å². The lowest BCUT2D eigenvalue weighted by atomic mass is 9.98. The lowest BCUT2D eigenvalue weighted by Gasteiger charge is -2.35. The molecule has 0 aromatic heterocycles. The molecule has 1 heterocycles. The number of hydrogen-bond donors (Lipinski definition) is 1. The molecule has 2 aromatic rings. The van der Waals surface area contributed by atoms with E-state index in [0.29, 0.717) is 24.6 Å². The fraction of sp³-hybridized carbons (Fsp3) is 0.480. The van der Waals surface area contributed by atoms with Crippen molar-refractivity contribution in [2.24, 2.45) is 0 Å². The molecule has 0 spiro atoms.